The molecule has 2 aromatic carbocycles. The zero-order chi connectivity index (χ0) is 27.6. The van der Waals surface area contributed by atoms with Gasteiger partial charge in [-0.25, -0.2) is 15.6 Å². The smallest absolute Gasteiger partial charge is 0.323 e. The maximum Gasteiger partial charge on any atom is 0.323 e. The number of aromatic nitrogens is 1. The van der Waals surface area contributed by atoms with Crippen molar-refractivity contribution in [3.8, 4) is 11.3 Å². The van der Waals surface area contributed by atoms with Gasteiger partial charge in [0.2, 0.25) is 0 Å². The molecule has 0 atom stereocenters. The van der Waals surface area contributed by atoms with Crippen molar-refractivity contribution < 1.29 is 14.3 Å². The van der Waals surface area contributed by atoms with E-state index in [2.05, 4.69) is 26.1 Å². The van der Waals surface area contributed by atoms with Crippen molar-refractivity contribution in [2.45, 2.75) is 25.8 Å². The molecule has 1 aliphatic rings. The fourth-order valence-corrected chi connectivity index (χ4v) is 4.57. The van der Waals surface area contributed by atoms with Gasteiger partial charge in [0.15, 0.2) is 5.84 Å². The van der Waals surface area contributed by atoms with Crippen LogP contribution in [-0.4, -0.2) is 56.4 Å². The molecule has 4 rings (SSSR count). The molecular formula is C28H36N8O3. The van der Waals surface area contributed by atoms with Gasteiger partial charge in [-0.15, -0.1) is 0 Å². The second-order valence-electron chi connectivity index (χ2n) is 9.24. The second-order valence-corrected chi connectivity index (χ2v) is 9.24. The van der Waals surface area contributed by atoms with Gasteiger partial charge in [0.1, 0.15) is 5.82 Å². The number of nitrogens with zero attached hydrogens (tertiary/aromatic N) is 3. The summed E-state index contributed by atoms with van der Waals surface area (Å²) < 4.78 is 11.0. The third-order valence-corrected chi connectivity index (χ3v) is 6.57. The lowest BCUT2D eigenvalue weighted by Gasteiger charge is -2.35. The van der Waals surface area contributed by atoms with Gasteiger partial charge in [0.05, 0.1) is 12.3 Å². The van der Waals surface area contributed by atoms with Crippen LogP contribution >= 0.6 is 0 Å². The number of nitrogens with two attached hydrogens (primary N) is 2. The highest BCUT2D eigenvalue weighted by Gasteiger charge is 2.24. The quantitative estimate of drug-likeness (QED) is 0.122. The van der Waals surface area contributed by atoms with Crippen LogP contribution < -0.4 is 32.6 Å². The second kappa shape index (κ2) is 13.6. The van der Waals surface area contributed by atoms with Crippen molar-refractivity contribution in [2.75, 3.05) is 49.0 Å². The number of amides is 2. The van der Waals surface area contributed by atoms with Gasteiger partial charge >= 0.3 is 6.03 Å². The first-order valence-electron chi connectivity index (χ1n) is 12.9. The predicted octanol–water partition coefficient (Wildman–Crippen LogP) is 3.42. The third kappa shape index (κ3) is 7.23. The number of carbonyl (C=O) groups is 1. The highest BCUT2D eigenvalue weighted by Crippen LogP contribution is 2.31. The Labute approximate surface area is 228 Å². The Kier molecular flexibility index (Phi) is 9.68. The van der Waals surface area contributed by atoms with Crippen molar-refractivity contribution in [1.82, 2.24) is 10.4 Å². The van der Waals surface area contributed by atoms with E-state index in [9.17, 15) is 4.79 Å². The molecule has 1 fully saturated rings. The summed E-state index contributed by atoms with van der Waals surface area (Å²) in [5.41, 5.74) is 6.99. The molecule has 1 saturated heterocycles. The number of nitrogens with one attached hydrogen (secondary N) is 3. The maximum atomic E-state index is 13.0. The highest BCUT2D eigenvalue weighted by atomic mass is 16.5. The van der Waals surface area contributed by atoms with Crippen LogP contribution in [0.2, 0.25) is 0 Å². The summed E-state index contributed by atoms with van der Waals surface area (Å²) in [4.78, 5) is 20.2. The first-order valence-corrected chi connectivity index (χ1v) is 12.9. The number of hydrogen-bond donors (Lipinski definition) is 5. The van der Waals surface area contributed by atoms with E-state index >= 15 is 0 Å². The van der Waals surface area contributed by atoms with Crippen molar-refractivity contribution >= 4 is 29.1 Å². The zero-order valence-electron chi connectivity index (χ0n) is 22.3. The molecule has 11 heteroatoms. The normalized spacial score (nSPS) is 14.1. The largest absolute Gasteiger partial charge is 0.383 e. The van der Waals surface area contributed by atoms with Crippen LogP contribution in [0.1, 0.15) is 24.0 Å². The first-order chi connectivity index (χ1) is 19.0. The number of methoxy groups -OCH3 is 1. The highest BCUT2D eigenvalue weighted by molar-refractivity contribution is 6.04. The molecule has 11 nitrogen and oxygen atoms in total. The van der Waals surface area contributed by atoms with E-state index in [0.717, 1.165) is 24.0 Å². The average Bonchev–Trinajstić information content (AvgIpc) is 2.96. The number of anilines is 3. The lowest BCUT2D eigenvalue weighted by Crippen LogP contribution is -2.42. The molecular weight excluding hydrogens is 496 g/mol. The van der Waals surface area contributed by atoms with Gasteiger partial charge < -0.3 is 36.3 Å². The van der Waals surface area contributed by atoms with E-state index < -0.39 is 0 Å². The summed E-state index contributed by atoms with van der Waals surface area (Å²) in [5, 5.41) is 9.66. The molecule has 2 heterocycles. The van der Waals surface area contributed by atoms with Crippen molar-refractivity contribution in [1.29, 1.82) is 0 Å². The summed E-state index contributed by atoms with van der Waals surface area (Å²) in [6, 6.07) is 18.7. The molecule has 0 aliphatic carbocycles. The van der Waals surface area contributed by atoms with Gasteiger partial charge in [-0.1, -0.05) is 42.0 Å². The molecule has 0 spiro atoms. The van der Waals surface area contributed by atoms with Gasteiger partial charge in [-0.3, -0.25) is 0 Å². The molecule has 0 unspecified atom stereocenters. The lowest BCUT2D eigenvalue weighted by atomic mass is 10.0. The Balaban J connectivity index is 1.75. The summed E-state index contributed by atoms with van der Waals surface area (Å²) in [5.74, 6) is 12.3. The standard InChI is InChI=1S/C28H36N8O3/c1-19-7-9-20(10-8-19)31-28(37)32-21-17-25(23-5-3-4-6-24(23)27(34-29)35-30)33-26(18-21)36(13-16-38-2)22-11-14-39-15-12-22/h3-10,17-18,22H,11-16,29-30H2,1-2H3,(H,34,35)(H2,31,32,33,37). The number of hydrogen-bond acceptors (Lipinski definition) is 8. The topological polar surface area (TPSA) is 152 Å². The lowest BCUT2D eigenvalue weighted by molar-refractivity contribution is 0.0826. The van der Waals surface area contributed by atoms with Crippen molar-refractivity contribution in [2.24, 2.45) is 16.8 Å². The van der Waals surface area contributed by atoms with Crippen LogP contribution in [0, 0.1) is 6.92 Å². The molecule has 206 valence electrons. The number of pyridine rings is 1. The number of hydrazone groups is 1. The SMILES string of the molecule is COCCN(c1cc(NC(=O)Nc2ccc(C)cc2)cc(-c2ccccc2/C(=N/N)NN)n1)C1CCOCC1. The van der Waals surface area contributed by atoms with Crippen LogP contribution in [-0.2, 0) is 9.47 Å². The molecule has 1 aliphatic heterocycles. The Bertz CT molecular complexity index is 1280. The average molecular weight is 533 g/mol. The van der Waals surface area contributed by atoms with Gasteiger partial charge in [0, 0.05) is 61.5 Å². The fourth-order valence-electron chi connectivity index (χ4n) is 4.57. The van der Waals surface area contributed by atoms with Gasteiger partial charge in [-0.2, -0.15) is 5.10 Å². The Morgan fingerprint density at radius 1 is 1.10 bits per heavy atom. The summed E-state index contributed by atoms with van der Waals surface area (Å²) >= 11 is 0. The molecule has 0 saturated carbocycles. The van der Waals surface area contributed by atoms with Gasteiger partial charge in [-0.05, 0) is 38.0 Å². The molecule has 3 aromatic rings. The Morgan fingerprint density at radius 3 is 2.51 bits per heavy atom. The molecule has 2 amide bonds. The van der Waals surface area contributed by atoms with Crippen LogP contribution in [0.5, 0.6) is 0 Å². The van der Waals surface area contributed by atoms with Crippen LogP contribution in [0.25, 0.3) is 11.3 Å². The molecule has 0 bridgehead atoms. The van der Waals surface area contributed by atoms with Crippen LogP contribution in [0.4, 0.5) is 22.0 Å². The minimum atomic E-state index is -0.363. The molecule has 39 heavy (non-hydrogen) atoms. The van der Waals surface area contributed by atoms with E-state index in [1.54, 1.807) is 7.11 Å². The van der Waals surface area contributed by atoms with E-state index in [1.165, 1.54) is 0 Å². The summed E-state index contributed by atoms with van der Waals surface area (Å²) in [6.45, 7) is 4.51. The Hall–Kier alpha value is -4.19. The molecule has 7 N–H and O–H groups in total. The Morgan fingerprint density at radius 2 is 1.82 bits per heavy atom. The number of hydrazine groups is 1. The number of urea groups is 1. The number of carbonyl (C=O) groups excluding carboxylic acids is 1. The minimum absolute atomic E-state index is 0.216. The number of amidine groups is 1. The summed E-state index contributed by atoms with van der Waals surface area (Å²) in [7, 11) is 1.68. The number of benzene rings is 2. The molecule has 1 aromatic heterocycles. The van der Waals surface area contributed by atoms with E-state index in [1.807, 2.05) is 67.6 Å². The zero-order valence-corrected chi connectivity index (χ0v) is 22.3. The molecule has 0 radical (unpaired) electrons. The number of ether oxygens (including phenoxy) is 2. The van der Waals surface area contributed by atoms with E-state index in [-0.39, 0.29) is 12.1 Å². The van der Waals surface area contributed by atoms with Crippen molar-refractivity contribution in [3.63, 3.8) is 0 Å². The number of aryl methyl sites for hydroxylation is 1. The maximum absolute atomic E-state index is 13.0. The van der Waals surface area contributed by atoms with Crippen molar-refractivity contribution in [3.05, 3.63) is 71.8 Å². The monoisotopic (exact) mass is 532 g/mol. The fraction of sp³-hybridized carbons (Fsp3) is 0.321. The first kappa shape index (κ1) is 27.8. The predicted molar refractivity (Wildman–Crippen MR) is 155 cm³/mol. The van der Waals surface area contributed by atoms with Crippen LogP contribution in [0.15, 0.2) is 65.8 Å². The van der Waals surface area contributed by atoms with E-state index in [0.29, 0.717) is 60.7 Å². The van der Waals surface area contributed by atoms with Gasteiger partial charge in [0.25, 0.3) is 0 Å². The van der Waals surface area contributed by atoms with Crippen LogP contribution in [0.3, 0.4) is 0 Å². The minimum Gasteiger partial charge on any atom is -0.383 e. The third-order valence-electron chi connectivity index (χ3n) is 6.57. The number of rotatable bonds is 9. The summed E-state index contributed by atoms with van der Waals surface area (Å²) in [6.07, 6.45) is 1.73. The van der Waals surface area contributed by atoms with E-state index in [4.69, 9.17) is 26.1 Å².